The Morgan fingerprint density at radius 2 is 2.05 bits per heavy atom. The van der Waals surface area contributed by atoms with Gasteiger partial charge in [0.1, 0.15) is 12.6 Å². The number of carboxylic acids is 1. The molecule has 7 nitrogen and oxygen atoms in total. The Bertz CT molecular complexity index is 503. The summed E-state index contributed by atoms with van der Waals surface area (Å²) in [6.07, 6.45) is -0.976. The first kappa shape index (κ1) is 14.1. The number of hydrogen-bond donors (Lipinski definition) is 3. The molecule has 3 N–H and O–H groups in total. The third-order valence-corrected chi connectivity index (χ3v) is 2.83. The van der Waals surface area contributed by atoms with Gasteiger partial charge in [-0.25, -0.2) is 4.79 Å². The molecule has 0 bridgehead atoms. The molecular weight excluding hydrogens is 266 g/mol. The summed E-state index contributed by atoms with van der Waals surface area (Å²) in [7, 11) is 0. The van der Waals surface area contributed by atoms with Crippen molar-refractivity contribution < 1.29 is 29.3 Å². The molecular formula is C13H15NO6. The summed E-state index contributed by atoms with van der Waals surface area (Å²) in [5.41, 5.74) is 0. The highest BCUT2D eigenvalue weighted by Gasteiger charge is 2.30. The molecule has 0 saturated heterocycles. The number of aliphatic hydroxyl groups excluding tert-OH is 1. The van der Waals surface area contributed by atoms with Crippen LogP contribution < -0.4 is 14.8 Å². The molecule has 1 aromatic carbocycles. The number of fused-ring (bicyclic) bond motifs is 1. The van der Waals surface area contributed by atoms with Crippen molar-refractivity contribution >= 4 is 11.9 Å². The number of ether oxygens (including phenoxy) is 2. The summed E-state index contributed by atoms with van der Waals surface area (Å²) >= 11 is 0. The third kappa shape index (κ3) is 3.18. The number of rotatable bonds is 5. The Kier molecular flexibility index (Phi) is 4.41. The second kappa shape index (κ2) is 6.25. The molecule has 0 saturated carbocycles. The van der Waals surface area contributed by atoms with Gasteiger partial charge < -0.3 is 25.0 Å². The van der Waals surface area contributed by atoms with Gasteiger partial charge in [0.15, 0.2) is 11.5 Å². The van der Waals surface area contributed by atoms with Crippen molar-refractivity contribution in [1.29, 1.82) is 0 Å². The van der Waals surface area contributed by atoms with E-state index in [0.717, 1.165) is 0 Å². The summed E-state index contributed by atoms with van der Waals surface area (Å²) in [6, 6.07) is 5.76. The van der Waals surface area contributed by atoms with E-state index in [1.807, 2.05) is 0 Å². The van der Waals surface area contributed by atoms with Crippen LogP contribution in [0.5, 0.6) is 11.5 Å². The van der Waals surface area contributed by atoms with Crippen LogP contribution in [0, 0.1) is 0 Å². The van der Waals surface area contributed by atoms with Crippen LogP contribution in [-0.2, 0) is 9.59 Å². The van der Waals surface area contributed by atoms with Gasteiger partial charge >= 0.3 is 5.97 Å². The van der Waals surface area contributed by atoms with Crippen LogP contribution in [-0.4, -0.2) is 47.4 Å². The maximum atomic E-state index is 11.9. The van der Waals surface area contributed by atoms with E-state index < -0.39 is 24.0 Å². The maximum absolute atomic E-state index is 11.9. The Labute approximate surface area is 115 Å². The fourth-order valence-corrected chi connectivity index (χ4v) is 1.80. The van der Waals surface area contributed by atoms with Crippen molar-refractivity contribution in [3.05, 3.63) is 24.3 Å². The number of hydrogen-bond acceptors (Lipinski definition) is 5. The van der Waals surface area contributed by atoms with Crippen LogP contribution in [0.4, 0.5) is 0 Å². The van der Waals surface area contributed by atoms with Crippen molar-refractivity contribution in [2.24, 2.45) is 0 Å². The predicted molar refractivity (Wildman–Crippen MR) is 67.6 cm³/mol. The molecule has 2 unspecified atom stereocenters. The number of aliphatic carboxylic acids is 1. The molecule has 7 heteroatoms. The molecule has 0 spiro atoms. The van der Waals surface area contributed by atoms with Gasteiger partial charge in [-0.05, 0) is 12.1 Å². The van der Waals surface area contributed by atoms with Gasteiger partial charge in [-0.1, -0.05) is 12.1 Å². The van der Waals surface area contributed by atoms with Crippen molar-refractivity contribution in [3.63, 3.8) is 0 Å². The fourth-order valence-electron chi connectivity index (χ4n) is 1.80. The Balaban J connectivity index is 1.99. The van der Waals surface area contributed by atoms with Crippen LogP contribution in [0.1, 0.15) is 6.42 Å². The number of para-hydroxylation sites is 2. The second-order valence-corrected chi connectivity index (χ2v) is 4.28. The van der Waals surface area contributed by atoms with E-state index in [2.05, 4.69) is 5.32 Å². The summed E-state index contributed by atoms with van der Waals surface area (Å²) in [4.78, 5) is 22.8. The first-order valence-electron chi connectivity index (χ1n) is 6.14. The van der Waals surface area contributed by atoms with E-state index in [1.165, 1.54) is 0 Å². The minimum absolute atomic E-state index is 0.00824. The summed E-state index contributed by atoms with van der Waals surface area (Å²) in [5.74, 6) is -0.806. The Morgan fingerprint density at radius 3 is 2.70 bits per heavy atom. The van der Waals surface area contributed by atoms with Gasteiger partial charge in [-0.15, -0.1) is 0 Å². The first-order valence-corrected chi connectivity index (χ1v) is 6.14. The lowest BCUT2D eigenvalue weighted by Crippen LogP contribution is -2.50. The van der Waals surface area contributed by atoms with Crippen LogP contribution in [0.15, 0.2) is 24.3 Å². The molecule has 0 fully saturated rings. The molecule has 1 amide bonds. The molecule has 108 valence electrons. The molecule has 0 aromatic heterocycles. The predicted octanol–water partition coefficient (Wildman–Crippen LogP) is -0.222. The Hall–Kier alpha value is -2.28. The van der Waals surface area contributed by atoms with Gasteiger partial charge in [0.25, 0.3) is 5.91 Å². The lowest BCUT2D eigenvalue weighted by Gasteiger charge is -2.26. The number of benzene rings is 1. The SMILES string of the molecule is O=C(O)C(CCO)NC(=O)C1COc2ccccc2O1. The maximum Gasteiger partial charge on any atom is 0.326 e. The van der Waals surface area contributed by atoms with Crippen LogP contribution in [0.3, 0.4) is 0 Å². The summed E-state index contributed by atoms with van der Waals surface area (Å²) in [6.45, 7) is -0.323. The smallest absolute Gasteiger partial charge is 0.326 e. The molecule has 20 heavy (non-hydrogen) atoms. The molecule has 0 radical (unpaired) electrons. The van der Waals surface area contributed by atoms with Crippen LogP contribution >= 0.6 is 0 Å². The van der Waals surface area contributed by atoms with Crippen LogP contribution in [0.25, 0.3) is 0 Å². The van der Waals surface area contributed by atoms with E-state index >= 15 is 0 Å². The average Bonchev–Trinajstić information content (AvgIpc) is 2.46. The highest BCUT2D eigenvalue weighted by molar-refractivity contribution is 5.86. The highest BCUT2D eigenvalue weighted by Crippen LogP contribution is 2.30. The third-order valence-electron chi connectivity index (χ3n) is 2.83. The number of carbonyl (C=O) groups is 2. The van der Waals surface area contributed by atoms with Gasteiger partial charge in [0.05, 0.1) is 0 Å². The molecule has 2 rings (SSSR count). The quantitative estimate of drug-likeness (QED) is 0.689. The van der Waals surface area contributed by atoms with E-state index in [1.54, 1.807) is 24.3 Å². The zero-order valence-corrected chi connectivity index (χ0v) is 10.6. The average molecular weight is 281 g/mol. The van der Waals surface area contributed by atoms with E-state index in [9.17, 15) is 9.59 Å². The Morgan fingerprint density at radius 1 is 1.35 bits per heavy atom. The topological polar surface area (TPSA) is 105 Å². The van der Waals surface area contributed by atoms with Gasteiger partial charge in [0, 0.05) is 13.0 Å². The molecule has 1 aromatic rings. The van der Waals surface area contributed by atoms with Crippen LogP contribution in [0.2, 0.25) is 0 Å². The lowest BCUT2D eigenvalue weighted by atomic mass is 10.2. The lowest BCUT2D eigenvalue weighted by molar-refractivity contribution is -0.144. The zero-order chi connectivity index (χ0) is 14.5. The number of carboxylic acid groups (broad SMARTS) is 1. The molecule has 2 atom stereocenters. The highest BCUT2D eigenvalue weighted by atomic mass is 16.6. The van der Waals surface area contributed by atoms with Crippen molar-refractivity contribution in [3.8, 4) is 11.5 Å². The summed E-state index contributed by atoms with van der Waals surface area (Å²) < 4.78 is 10.8. The van der Waals surface area contributed by atoms with E-state index in [0.29, 0.717) is 11.5 Å². The normalized spacial score (nSPS) is 18.1. The standard InChI is InChI=1S/C13H15NO6/c15-6-5-8(13(17)18)14-12(16)11-7-19-9-3-1-2-4-10(9)20-11/h1-4,8,11,15H,5-7H2,(H,14,16)(H,17,18). The fraction of sp³-hybridized carbons (Fsp3) is 0.385. The number of amides is 1. The monoisotopic (exact) mass is 281 g/mol. The molecule has 1 aliphatic rings. The number of aliphatic hydroxyl groups is 1. The van der Waals surface area contributed by atoms with Crippen molar-refractivity contribution in [2.45, 2.75) is 18.6 Å². The van der Waals surface area contributed by atoms with Gasteiger partial charge in [-0.2, -0.15) is 0 Å². The molecule has 0 aliphatic carbocycles. The second-order valence-electron chi connectivity index (χ2n) is 4.28. The van der Waals surface area contributed by atoms with Crippen molar-refractivity contribution in [1.82, 2.24) is 5.32 Å². The van der Waals surface area contributed by atoms with Gasteiger partial charge in [-0.3, -0.25) is 4.79 Å². The minimum Gasteiger partial charge on any atom is -0.485 e. The number of carbonyl (C=O) groups excluding carboxylic acids is 1. The minimum atomic E-state index is -1.20. The number of nitrogens with one attached hydrogen (secondary N) is 1. The van der Waals surface area contributed by atoms with E-state index in [4.69, 9.17) is 19.7 Å². The largest absolute Gasteiger partial charge is 0.485 e. The van der Waals surface area contributed by atoms with Gasteiger partial charge in [0.2, 0.25) is 6.10 Å². The zero-order valence-electron chi connectivity index (χ0n) is 10.6. The summed E-state index contributed by atoms with van der Waals surface area (Å²) in [5, 5.41) is 20.0. The first-order chi connectivity index (χ1) is 9.61. The van der Waals surface area contributed by atoms with Crippen molar-refractivity contribution in [2.75, 3.05) is 13.2 Å². The van der Waals surface area contributed by atoms with E-state index in [-0.39, 0.29) is 19.6 Å². The molecule has 1 aliphatic heterocycles. The molecule has 1 heterocycles.